The van der Waals surface area contributed by atoms with E-state index < -0.39 is 5.69 Å². The lowest BCUT2D eigenvalue weighted by Gasteiger charge is -1.90. The van der Waals surface area contributed by atoms with Crippen molar-refractivity contribution in [2.24, 2.45) is 0 Å². The molecule has 1 aromatic heterocycles. The molecule has 0 aromatic carbocycles. The summed E-state index contributed by atoms with van der Waals surface area (Å²) in [5, 5.41) is 0. The third kappa shape index (κ3) is 1.29. The van der Waals surface area contributed by atoms with Crippen LogP contribution >= 0.6 is 16.1 Å². The molecular weight excluding hydrogens is 186 g/mol. The van der Waals surface area contributed by atoms with E-state index in [0.717, 1.165) is 0 Å². The maximum absolute atomic E-state index is 10.6. The zero-order chi connectivity index (χ0) is 6.85. The topological polar surface area (TPSA) is 60.9 Å². The van der Waals surface area contributed by atoms with Gasteiger partial charge in [-0.25, -0.2) is 8.39 Å². The van der Waals surface area contributed by atoms with Crippen LogP contribution in [0.15, 0.2) is 17.1 Å². The summed E-state index contributed by atoms with van der Waals surface area (Å²) in [5.41, 5.74) is 4.77. The fourth-order valence-electron chi connectivity index (χ4n) is 0.401. The van der Waals surface area contributed by atoms with Crippen LogP contribution in [-0.4, -0.2) is 8.58 Å². The molecule has 0 unspecified atom stereocenters. The lowest BCUT2D eigenvalue weighted by atomic mass is 10.6. The van der Waals surface area contributed by atoms with Gasteiger partial charge in [-0.15, -0.1) is 0 Å². The minimum Gasteiger partial charge on any atom is -0.383 e. The highest BCUT2D eigenvalue weighted by atomic mass is 79.9. The number of nitrogens with zero attached hydrogens (tertiary/aromatic N) is 2. The zero-order valence-corrected chi connectivity index (χ0v) is 6.00. The summed E-state index contributed by atoms with van der Waals surface area (Å²) in [7, 11) is 0. The standard InChI is InChI=1S/C4H4BrN3O/c5-8-2-1-3(6)7-4(8)9/h1-2H,(H2,6,7,9). The van der Waals surface area contributed by atoms with Crippen molar-refractivity contribution in [3.8, 4) is 0 Å². The summed E-state index contributed by atoms with van der Waals surface area (Å²) >= 11 is 2.92. The van der Waals surface area contributed by atoms with Crippen LogP contribution in [0.5, 0.6) is 0 Å². The Labute approximate surface area is 59.7 Å². The number of halogens is 1. The summed E-state index contributed by atoms with van der Waals surface area (Å²) in [6.45, 7) is 0. The molecule has 5 heteroatoms. The Morgan fingerprint density at radius 2 is 2.44 bits per heavy atom. The normalized spacial score (nSPS) is 9.44. The van der Waals surface area contributed by atoms with Crippen molar-refractivity contribution < 1.29 is 0 Å². The monoisotopic (exact) mass is 189 g/mol. The van der Waals surface area contributed by atoms with Crippen LogP contribution in [0, 0.1) is 0 Å². The number of hydrogen-bond acceptors (Lipinski definition) is 3. The Kier molecular flexibility index (Phi) is 1.52. The molecule has 0 bridgehead atoms. The largest absolute Gasteiger partial charge is 0.383 e. The number of anilines is 1. The number of rotatable bonds is 0. The highest BCUT2D eigenvalue weighted by Crippen LogP contribution is 1.90. The van der Waals surface area contributed by atoms with Crippen LogP contribution in [0.25, 0.3) is 0 Å². The first-order valence-corrected chi connectivity index (χ1v) is 2.92. The van der Waals surface area contributed by atoms with Gasteiger partial charge in [-0.1, -0.05) is 0 Å². The summed E-state index contributed by atoms with van der Waals surface area (Å²) in [4.78, 5) is 14.0. The van der Waals surface area contributed by atoms with Gasteiger partial charge in [0.05, 0.1) is 16.1 Å². The van der Waals surface area contributed by atoms with Crippen molar-refractivity contribution in [2.45, 2.75) is 0 Å². The van der Waals surface area contributed by atoms with Crippen LogP contribution in [0.4, 0.5) is 5.82 Å². The Morgan fingerprint density at radius 3 is 2.89 bits per heavy atom. The van der Waals surface area contributed by atoms with Crippen LogP contribution in [-0.2, 0) is 0 Å². The molecule has 0 atom stereocenters. The predicted octanol–water partition coefficient (Wildman–Crippen LogP) is -0.0165. The van der Waals surface area contributed by atoms with E-state index in [0.29, 0.717) is 0 Å². The maximum Gasteiger partial charge on any atom is 0.359 e. The fourth-order valence-corrected chi connectivity index (χ4v) is 0.599. The average molecular weight is 190 g/mol. The quantitative estimate of drug-likeness (QED) is 0.625. The van der Waals surface area contributed by atoms with Crippen LogP contribution < -0.4 is 11.4 Å². The Morgan fingerprint density at radius 1 is 1.78 bits per heavy atom. The van der Waals surface area contributed by atoms with Crippen LogP contribution in [0.1, 0.15) is 0 Å². The molecular formula is C4H4BrN3O. The molecule has 0 fully saturated rings. The van der Waals surface area contributed by atoms with E-state index in [1.165, 1.54) is 15.9 Å². The van der Waals surface area contributed by atoms with Gasteiger partial charge in [0.1, 0.15) is 5.82 Å². The summed E-state index contributed by atoms with van der Waals surface area (Å²) < 4.78 is 1.17. The summed E-state index contributed by atoms with van der Waals surface area (Å²) in [6, 6.07) is 1.52. The van der Waals surface area contributed by atoms with Crippen LogP contribution in [0.2, 0.25) is 0 Å². The lowest BCUT2D eigenvalue weighted by Crippen LogP contribution is -2.16. The van der Waals surface area contributed by atoms with Gasteiger partial charge in [0.15, 0.2) is 0 Å². The zero-order valence-electron chi connectivity index (χ0n) is 4.41. The maximum atomic E-state index is 10.6. The molecule has 1 aromatic rings. The van der Waals surface area contributed by atoms with Gasteiger partial charge in [0.25, 0.3) is 0 Å². The molecule has 1 heterocycles. The molecule has 0 spiro atoms. The third-order valence-electron chi connectivity index (χ3n) is 0.784. The minimum absolute atomic E-state index is 0.232. The molecule has 0 aliphatic carbocycles. The van der Waals surface area contributed by atoms with Crippen molar-refractivity contribution >= 4 is 22.0 Å². The van der Waals surface area contributed by atoms with Gasteiger partial charge in [-0.3, -0.25) is 0 Å². The molecule has 1 rings (SSSR count). The molecule has 4 nitrogen and oxygen atoms in total. The first kappa shape index (κ1) is 6.28. The second kappa shape index (κ2) is 2.18. The van der Waals surface area contributed by atoms with Gasteiger partial charge in [-0.05, 0) is 6.07 Å². The van der Waals surface area contributed by atoms with E-state index in [2.05, 4.69) is 21.1 Å². The Hall–Kier alpha value is -0.840. The average Bonchev–Trinajstić information content (AvgIpc) is 1.80. The third-order valence-corrected chi connectivity index (χ3v) is 1.32. The molecule has 0 aliphatic heterocycles. The Bertz CT molecular complexity index is 269. The second-order valence-corrected chi connectivity index (χ2v) is 2.21. The molecule has 0 amide bonds. The highest BCUT2D eigenvalue weighted by Gasteiger charge is 1.90. The molecule has 0 saturated carbocycles. The fraction of sp³-hybridized carbons (Fsp3) is 0. The van der Waals surface area contributed by atoms with E-state index in [1.54, 1.807) is 0 Å². The van der Waals surface area contributed by atoms with Gasteiger partial charge >= 0.3 is 5.69 Å². The SMILES string of the molecule is Nc1ccn(Br)c(=O)n1. The van der Waals surface area contributed by atoms with E-state index >= 15 is 0 Å². The molecule has 9 heavy (non-hydrogen) atoms. The number of aromatic nitrogens is 2. The molecule has 48 valence electrons. The van der Waals surface area contributed by atoms with Gasteiger partial charge in [0, 0.05) is 6.20 Å². The van der Waals surface area contributed by atoms with Crippen molar-refractivity contribution in [1.82, 2.24) is 8.58 Å². The first-order valence-electron chi connectivity index (χ1n) is 2.21. The van der Waals surface area contributed by atoms with Crippen molar-refractivity contribution in [2.75, 3.05) is 5.73 Å². The van der Waals surface area contributed by atoms with E-state index in [9.17, 15) is 4.79 Å². The van der Waals surface area contributed by atoms with Gasteiger partial charge < -0.3 is 5.73 Å². The smallest absolute Gasteiger partial charge is 0.359 e. The molecule has 2 N–H and O–H groups in total. The second-order valence-electron chi connectivity index (χ2n) is 1.45. The molecule has 0 radical (unpaired) electrons. The number of nitrogens with two attached hydrogens (primary N) is 1. The summed E-state index contributed by atoms with van der Waals surface area (Å²) in [6.07, 6.45) is 1.49. The van der Waals surface area contributed by atoms with Crippen LogP contribution in [0.3, 0.4) is 0 Å². The van der Waals surface area contributed by atoms with E-state index in [1.807, 2.05) is 0 Å². The minimum atomic E-state index is -0.407. The Balaban J connectivity index is 3.34. The van der Waals surface area contributed by atoms with Gasteiger partial charge in [0.2, 0.25) is 0 Å². The molecule has 0 aliphatic rings. The van der Waals surface area contributed by atoms with Crippen molar-refractivity contribution in [1.29, 1.82) is 0 Å². The number of hydrogen-bond donors (Lipinski definition) is 1. The lowest BCUT2D eigenvalue weighted by molar-refractivity contribution is 1.04. The van der Waals surface area contributed by atoms with Gasteiger partial charge in [-0.2, -0.15) is 4.98 Å². The van der Waals surface area contributed by atoms with Crippen molar-refractivity contribution in [3.63, 3.8) is 0 Å². The first-order chi connectivity index (χ1) is 4.20. The molecule has 0 saturated heterocycles. The van der Waals surface area contributed by atoms with Crippen molar-refractivity contribution in [3.05, 3.63) is 22.7 Å². The predicted molar refractivity (Wildman–Crippen MR) is 37.2 cm³/mol. The van der Waals surface area contributed by atoms with E-state index in [4.69, 9.17) is 5.73 Å². The van der Waals surface area contributed by atoms with E-state index in [-0.39, 0.29) is 5.82 Å². The highest BCUT2D eigenvalue weighted by molar-refractivity contribution is 9.08. The number of nitrogen functional groups attached to an aromatic ring is 1. The summed E-state index contributed by atoms with van der Waals surface area (Å²) in [5.74, 6) is 0.232.